The van der Waals surface area contributed by atoms with Crippen LogP contribution in [-0.2, 0) is 4.79 Å². The normalized spacial score (nSPS) is 18.1. The van der Waals surface area contributed by atoms with Crippen LogP contribution in [0.2, 0.25) is 0 Å². The Balaban J connectivity index is 1.63. The number of fused-ring (bicyclic) bond motifs is 1. The molecule has 1 atom stereocenters. The van der Waals surface area contributed by atoms with Gasteiger partial charge in [-0.2, -0.15) is 0 Å². The van der Waals surface area contributed by atoms with Crippen LogP contribution >= 0.6 is 0 Å². The van der Waals surface area contributed by atoms with E-state index in [1.165, 1.54) is 18.5 Å². The molecule has 1 unspecified atom stereocenters. The molecular formula is C18H15FN5O+. The largest absolute Gasteiger partial charge is 0.355 e. The number of carbonyl (C=O) groups excluding carboxylic acids is 1. The van der Waals surface area contributed by atoms with Crippen molar-refractivity contribution in [2.45, 2.75) is 6.17 Å². The summed E-state index contributed by atoms with van der Waals surface area (Å²) in [4.78, 5) is 21.5. The zero-order valence-electron chi connectivity index (χ0n) is 13.1. The zero-order valence-corrected chi connectivity index (χ0v) is 13.1. The Morgan fingerprint density at radius 2 is 2.08 bits per heavy atom. The Hall–Kier alpha value is -3.48. The number of amides is 1. The summed E-state index contributed by atoms with van der Waals surface area (Å²) in [5, 5.41) is 5.98. The van der Waals surface area contributed by atoms with Crippen molar-refractivity contribution >= 4 is 11.7 Å². The SMILES string of the molecule is O=C(Nc1cc[nH+]cn1)C1=C2C=CC=CN2C(c2ccc(F)cc2)N1. The molecule has 6 nitrogen and oxygen atoms in total. The van der Waals surface area contributed by atoms with E-state index in [4.69, 9.17) is 0 Å². The van der Waals surface area contributed by atoms with Gasteiger partial charge in [-0.05, 0) is 34.8 Å². The van der Waals surface area contributed by atoms with Gasteiger partial charge in [0.05, 0.1) is 11.9 Å². The third kappa shape index (κ3) is 2.87. The van der Waals surface area contributed by atoms with E-state index in [1.807, 2.05) is 29.3 Å². The lowest BCUT2D eigenvalue weighted by molar-refractivity contribution is -0.382. The molecule has 0 aliphatic carbocycles. The Kier molecular flexibility index (Phi) is 3.74. The molecule has 3 N–H and O–H groups in total. The van der Waals surface area contributed by atoms with Gasteiger partial charge in [0.1, 0.15) is 17.7 Å². The average molecular weight is 336 g/mol. The van der Waals surface area contributed by atoms with Gasteiger partial charge < -0.3 is 10.2 Å². The van der Waals surface area contributed by atoms with Gasteiger partial charge in [-0.25, -0.2) is 4.39 Å². The van der Waals surface area contributed by atoms with Gasteiger partial charge in [0, 0.05) is 12.3 Å². The number of allylic oxidation sites excluding steroid dienone is 3. The lowest BCUT2D eigenvalue weighted by Crippen LogP contribution is -2.28. The number of halogens is 1. The van der Waals surface area contributed by atoms with Crippen LogP contribution in [-0.4, -0.2) is 15.8 Å². The van der Waals surface area contributed by atoms with E-state index in [0.29, 0.717) is 11.5 Å². The summed E-state index contributed by atoms with van der Waals surface area (Å²) < 4.78 is 13.2. The van der Waals surface area contributed by atoms with Crippen LogP contribution in [0.4, 0.5) is 10.2 Å². The van der Waals surface area contributed by atoms with Crippen molar-refractivity contribution < 1.29 is 14.2 Å². The van der Waals surface area contributed by atoms with Crippen LogP contribution in [0.15, 0.2) is 78.7 Å². The summed E-state index contributed by atoms with van der Waals surface area (Å²) in [6.45, 7) is 0. The van der Waals surface area contributed by atoms with E-state index in [1.54, 1.807) is 24.4 Å². The lowest BCUT2D eigenvalue weighted by Gasteiger charge is -2.26. The number of aromatic amines is 1. The average Bonchev–Trinajstić information content (AvgIpc) is 3.03. The summed E-state index contributed by atoms with van der Waals surface area (Å²) in [5.74, 6) is -0.136. The van der Waals surface area contributed by atoms with E-state index in [0.717, 1.165) is 11.3 Å². The van der Waals surface area contributed by atoms with Gasteiger partial charge in [0.15, 0.2) is 0 Å². The van der Waals surface area contributed by atoms with Gasteiger partial charge in [0.2, 0.25) is 0 Å². The summed E-state index contributed by atoms with van der Waals surface area (Å²) in [6, 6.07) is 7.88. The molecule has 0 saturated carbocycles. The Morgan fingerprint density at radius 1 is 1.24 bits per heavy atom. The number of benzene rings is 1. The fourth-order valence-corrected chi connectivity index (χ4v) is 2.82. The molecular weight excluding hydrogens is 321 g/mol. The molecule has 0 spiro atoms. The molecule has 0 radical (unpaired) electrons. The second kappa shape index (κ2) is 6.20. The second-order valence-electron chi connectivity index (χ2n) is 5.56. The number of hydrogen-bond acceptors (Lipinski definition) is 4. The molecule has 4 rings (SSSR count). The first-order chi connectivity index (χ1) is 12.2. The first-order valence-electron chi connectivity index (χ1n) is 7.75. The number of nitrogens with one attached hydrogen (secondary N) is 3. The highest BCUT2D eigenvalue weighted by atomic mass is 19.1. The first kappa shape index (κ1) is 15.1. The standard InChI is InChI=1S/C18H14FN5O/c19-13-6-4-12(5-7-13)17-23-16(14-3-1-2-10-24(14)17)18(25)22-15-8-9-20-11-21-15/h1-11,17,23H,(H,20,21,22,25)/p+1. The number of nitrogens with zero attached hydrogens (tertiary/aromatic N) is 2. The van der Waals surface area contributed by atoms with Gasteiger partial charge in [-0.15, -0.1) is 0 Å². The van der Waals surface area contributed by atoms with Gasteiger partial charge in [0.25, 0.3) is 18.1 Å². The number of aromatic nitrogens is 2. The highest BCUT2D eigenvalue weighted by Gasteiger charge is 2.34. The molecule has 2 aliphatic heterocycles. The highest BCUT2D eigenvalue weighted by molar-refractivity contribution is 6.04. The smallest absolute Gasteiger partial charge is 0.286 e. The maximum absolute atomic E-state index is 13.2. The monoisotopic (exact) mass is 336 g/mol. The minimum Gasteiger partial charge on any atom is -0.355 e. The number of carbonyl (C=O) groups is 1. The van der Waals surface area contributed by atoms with E-state index in [2.05, 4.69) is 20.6 Å². The molecule has 25 heavy (non-hydrogen) atoms. The Bertz CT molecular complexity index is 889. The maximum Gasteiger partial charge on any atom is 0.286 e. The maximum atomic E-state index is 13.2. The molecule has 1 amide bonds. The fraction of sp³-hybridized carbons (Fsp3) is 0.0556. The topological polar surface area (TPSA) is 71.4 Å². The predicted octanol–water partition coefficient (Wildman–Crippen LogP) is 1.87. The molecule has 0 bridgehead atoms. The number of H-pyrrole nitrogens is 1. The van der Waals surface area contributed by atoms with Crippen LogP contribution in [0.25, 0.3) is 0 Å². The van der Waals surface area contributed by atoms with Crippen molar-refractivity contribution in [3.05, 3.63) is 90.1 Å². The fourth-order valence-electron chi connectivity index (χ4n) is 2.82. The van der Waals surface area contributed by atoms with Gasteiger partial charge in [-0.3, -0.25) is 15.1 Å². The summed E-state index contributed by atoms with van der Waals surface area (Å²) in [6.07, 6.45) is 10.4. The van der Waals surface area contributed by atoms with Crippen molar-refractivity contribution in [1.29, 1.82) is 0 Å². The second-order valence-corrected chi connectivity index (χ2v) is 5.56. The predicted molar refractivity (Wildman–Crippen MR) is 88.8 cm³/mol. The van der Waals surface area contributed by atoms with E-state index < -0.39 is 0 Å². The van der Waals surface area contributed by atoms with E-state index in [9.17, 15) is 9.18 Å². The zero-order chi connectivity index (χ0) is 17.2. The Morgan fingerprint density at radius 3 is 2.84 bits per heavy atom. The third-order valence-electron chi connectivity index (χ3n) is 3.98. The molecule has 7 heteroatoms. The minimum atomic E-state index is -0.297. The lowest BCUT2D eigenvalue weighted by atomic mass is 10.1. The highest BCUT2D eigenvalue weighted by Crippen LogP contribution is 2.34. The molecule has 3 heterocycles. The van der Waals surface area contributed by atoms with Gasteiger partial charge >= 0.3 is 0 Å². The summed E-state index contributed by atoms with van der Waals surface area (Å²) in [5.41, 5.74) is 2.04. The van der Waals surface area contributed by atoms with Crippen LogP contribution < -0.4 is 15.6 Å². The van der Waals surface area contributed by atoms with Crippen molar-refractivity contribution in [2.24, 2.45) is 0 Å². The quantitative estimate of drug-likeness (QED) is 0.898. The number of hydrogen-bond donors (Lipinski definition) is 2. The molecule has 2 aromatic rings. The van der Waals surface area contributed by atoms with Crippen LogP contribution in [0.1, 0.15) is 11.7 Å². The minimum absolute atomic E-state index is 0.283. The Labute approximate surface area is 143 Å². The van der Waals surface area contributed by atoms with Crippen LogP contribution in [0.3, 0.4) is 0 Å². The molecule has 0 saturated heterocycles. The van der Waals surface area contributed by atoms with Crippen LogP contribution in [0, 0.1) is 5.82 Å². The number of rotatable bonds is 3. The molecule has 2 aliphatic rings. The summed E-state index contributed by atoms with van der Waals surface area (Å²) >= 11 is 0. The number of anilines is 1. The van der Waals surface area contributed by atoms with Gasteiger partial charge in [-0.1, -0.05) is 18.2 Å². The third-order valence-corrected chi connectivity index (χ3v) is 3.98. The molecule has 1 aromatic carbocycles. The van der Waals surface area contributed by atoms with E-state index >= 15 is 0 Å². The van der Waals surface area contributed by atoms with Crippen molar-refractivity contribution in [1.82, 2.24) is 15.2 Å². The van der Waals surface area contributed by atoms with Crippen molar-refractivity contribution in [3.8, 4) is 0 Å². The molecule has 0 fully saturated rings. The van der Waals surface area contributed by atoms with E-state index in [-0.39, 0.29) is 17.9 Å². The van der Waals surface area contributed by atoms with Crippen LogP contribution in [0.5, 0.6) is 0 Å². The molecule has 1 aromatic heterocycles. The first-order valence-corrected chi connectivity index (χ1v) is 7.75. The molecule has 124 valence electrons. The summed E-state index contributed by atoms with van der Waals surface area (Å²) in [7, 11) is 0. The van der Waals surface area contributed by atoms with Crippen molar-refractivity contribution in [3.63, 3.8) is 0 Å². The van der Waals surface area contributed by atoms with Crippen molar-refractivity contribution in [2.75, 3.05) is 5.32 Å².